The third-order valence-electron chi connectivity index (χ3n) is 2.45. The van der Waals surface area contributed by atoms with Crippen LogP contribution in [0.5, 0.6) is 0 Å². The van der Waals surface area contributed by atoms with E-state index in [2.05, 4.69) is 0 Å². The summed E-state index contributed by atoms with van der Waals surface area (Å²) in [6, 6.07) is 2.25. The van der Waals surface area contributed by atoms with E-state index in [1.807, 2.05) is 0 Å². The zero-order valence-electron chi connectivity index (χ0n) is 11.8. The Morgan fingerprint density at radius 2 is 1.54 bits per heavy atom. The Bertz CT molecular complexity index is 582. The molecule has 0 saturated carbocycles. The highest BCUT2D eigenvalue weighted by Crippen LogP contribution is 2.30. The number of halogens is 7. The summed E-state index contributed by atoms with van der Waals surface area (Å²) in [6.45, 7) is -0.165. The topological polar surface area (TPSA) is 80.4 Å². The lowest BCUT2D eigenvalue weighted by Gasteiger charge is -2.09. The third kappa shape index (κ3) is 8.46. The molecule has 0 aliphatic carbocycles. The summed E-state index contributed by atoms with van der Waals surface area (Å²) in [5.74, 6) is -4.00. The SMILES string of the molecule is NCC(=O)CCc1cc(F)cc(C(F)(F)F)c1.O=C(O)C(F)(F)F. The van der Waals surface area contributed by atoms with Gasteiger partial charge in [-0.15, -0.1) is 0 Å². The highest BCUT2D eigenvalue weighted by molar-refractivity contribution is 5.80. The molecule has 0 aromatic heterocycles. The minimum absolute atomic E-state index is 0.0112. The number of rotatable bonds is 4. The second-order valence-electron chi connectivity index (χ2n) is 4.39. The van der Waals surface area contributed by atoms with E-state index in [0.29, 0.717) is 6.07 Å². The van der Waals surface area contributed by atoms with Crippen molar-refractivity contribution >= 4 is 11.8 Å². The molecule has 0 amide bonds. The Balaban J connectivity index is 0.000000640. The maximum atomic E-state index is 13.0. The van der Waals surface area contributed by atoms with Gasteiger partial charge in [-0.3, -0.25) is 4.79 Å². The van der Waals surface area contributed by atoms with Crippen LogP contribution in [0.25, 0.3) is 0 Å². The normalized spacial score (nSPS) is 11.5. The molecule has 0 saturated heterocycles. The van der Waals surface area contributed by atoms with Crippen molar-refractivity contribution < 1.29 is 45.4 Å². The number of carboxylic acids is 1. The molecular formula is C13H12F7NO3. The molecule has 0 unspecified atom stereocenters. The number of carboxylic acid groups (broad SMARTS) is 1. The number of alkyl halides is 6. The van der Waals surface area contributed by atoms with Crippen LogP contribution in [0.3, 0.4) is 0 Å². The van der Waals surface area contributed by atoms with Crippen LogP contribution in [0.4, 0.5) is 30.7 Å². The van der Waals surface area contributed by atoms with E-state index in [0.717, 1.165) is 12.1 Å². The number of Topliss-reactive ketones (excluding diaryl/α,β-unsaturated/α-hetero) is 1. The van der Waals surface area contributed by atoms with Gasteiger partial charge in [-0.2, -0.15) is 26.3 Å². The van der Waals surface area contributed by atoms with Gasteiger partial charge in [-0.05, 0) is 30.2 Å². The molecule has 0 bridgehead atoms. The molecule has 0 spiro atoms. The van der Waals surface area contributed by atoms with Gasteiger partial charge in [0.1, 0.15) is 11.6 Å². The molecule has 0 fully saturated rings. The van der Waals surface area contributed by atoms with Gasteiger partial charge in [0.15, 0.2) is 0 Å². The van der Waals surface area contributed by atoms with Crippen molar-refractivity contribution in [1.29, 1.82) is 0 Å². The minimum atomic E-state index is -5.08. The van der Waals surface area contributed by atoms with Gasteiger partial charge >= 0.3 is 18.3 Å². The number of hydrogen-bond donors (Lipinski definition) is 2. The Morgan fingerprint density at radius 1 is 1.04 bits per heavy atom. The number of carbonyl (C=O) groups is 2. The summed E-state index contributed by atoms with van der Waals surface area (Å²) in [5, 5.41) is 7.12. The maximum Gasteiger partial charge on any atom is 0.490 e. The first-order chi connectivity index (χ1) is 10.8. The number of aryl methyl sites for hydroxylation is 1. The fourth-order valence-electron chi connectivity index (χ4n) is 1.34. The summed E-state index contributed by atoms with van der Waals surface area (Å²) in [4.78, 5) is 19.8. The van der Waals surface area contributed by atoms with Crippen LogP contribution < -0.4 is 5.73 Å². The van der Waals surface area contributed by atoms with Gasteiger partial charge in [-0.25, -0.2) is 9.18 Å². The van der Waals surface area contributed by atoms with Crippen molar-refractivity contribution in [3.8, 4) is 0 Å². The minimum Gasteiger partial charge on any atom is -0.475 e. The number of carbonyl (C=O) groups excluding carboxylic acids is 1. The maximum absolute atomic E-state index is 13.0. The molecule has 4 nitrogen and oxygen atoms in total. The molecule has 1 aromatic carbocycles. The fraction of sp³-hybridized carbons (Fsp3) is 0.385. The quantitative estimate of drug-likeness (QED) is 0.806. The molecule has 0 atom stereocenters. The van der Waals surface area contributed by atoms with Crippen LogP contribution in [0.15, 0.2) is 18.2 Å². The summed E-state index contributed by atoms with van der Waals surface area (Å²) >= 11 is 0. The lowest BCUT2D eigenvalue weighted by molar-refractivity contribution is -0.192. The van der Waals surface area contributed by atoms with E-state index in [1.165, 1.54) is 0 Å². The smallest absolute Gasteiger partial charge is 0.475 e. The van der Waals surface area contributed by atoms with Crippen molar-refractivity contribution in [2.45, 2.75) is 25.2 Å². The predicted molar refractivity (Wildman–Crippen MR) is 67.5 cm³/mol. The summed E-state index contributed by atoms with van der Waals surface area (Å²) in [7, 11) is 0. The second-order valence-corrected chi connectivity index (χ2v) is 4.39. The van der Waals surface area contributed by atoms with Crippen molar-refractivity contribution in [1.82, 2.24) is 0 Å². The number of hydrogen-bond acceptors (Lipinski definition) is 3. The molecule has 136 valence electrons. The Labute approximate surface area is 131 Å². The van der Waals surface area contributed by atoms with Crippen molar-refractivity contribution in [3.63, 3.8) is 0 Å². The van der Waals surface area contributed by atoms with Gasteiger partial charge in [-0.1, -0.05) is 0 Å². The first kappa shape index (κ1) is 21.8. The highest BCUT2D eigenvalue weighted by Gasteiger charge is 2.38. The first-order valence-electron chi connectivity index (χ1n) is 6.16. The Hall–Kier alpha value is -2.17. The standard InChI is InChI=1S/C11H11F4NO.C2HF3O2/c12-9-4-7(1-2-10(17)6-16)3-8(5-9)11(13,14)15;3-2(4,5)1(6)7/h3-5H,1-2,6,16H2;(H,6,7). The van der Waals surface area contributed by atoms with Gasteiger partial charge in [0.25, 0.3) is 0 Å². The monoisotopic (exact) mass is 363 g/mol. The van der Waals surface area contributed by atoms with E-state index in [9.17, 15) is 35.5 Å². The number of benzene rings is 1. The molecule has 1 aromatic rings. The Kier molecular flexibility index (Phi) is 7.84. The largest absolute Gasteiger partial charge is 0.490 e. The van der Waals surface area contributed by atoms with Crippen molar-refractivity contribution in [3.05, 3.63) is 35.1 Å². The number of nitrogens with two attached hydrogens (primary N) is 1. The number of ketones is 1. The van der Waals surface area contributed by atoms with E-state index in [-0.39, 0.29) is 30.7 Å². The van der Waals surface area contributed by atoms with E-state index in [1.54, 1.807) is 0 Å². The number of aliphatic carboxylic acids is 1. The van der Waals surface area contributed by atoms with Crippen LogP contribution in [-0.2, 0) is 22.2 Å². The van der Waals surface area contributed by atoms with Crippen LogP contribution in [-0.4, -0.2) is 29.6 Å². The van der Waals surface area contributed by atoms with Crippen LogP contribution in [0, 0.1) is 5.82 Å². The van der Waals surface area contributed by atoms with Crippen LogP contribution in [0.2, 0.25) is 0 Å². The van der Waals surface area contributed by atoms with Crippen LogP contribution >= 0.6 is 0 Å². The van der Waals surface area contributed by atoms with Gasteiger partial charge in [0.2, 0.25) is 0 Å². The average Bonchev–Trinajstić information content (AvgIpc) is 2.42. The van der Waals surface area contributed by atoms with Gasteiger partial charge in [0, 0.05) is 6.42 Å². The molecule has 0 radical (unpaired) electrons. The molecule has 0 heterocycles. The Morgan fingerprint density at radius 3 is 1.92 bits per heavy atom. The lowest BCUT2D eigenvalue weighted by atomic mass is 10.0. The van der Waals surface area contributed by atoms with Crippen molar-refractivity contribution in [2.24, 2.45) is 5.73 Å². The average molecular weight is 363 g/mol. The molecule has 0 aliphatic heterocycles. The molecule has 3 N–H and O–H groups in total. The van der Waals surface area contributed by atoms with E-state index in [4.69, 9.17) is 15.6 Å². The van der Waals surface area contributed by atoms with Gasteiger partial charge in [0.05, 0.1) is 12.1 Å². The first-order valence-corrected chi connectivity index (χ1v) is 6.16. The van der Waals surface area contributed by atoms with E-state index < -0.39 is 29.7 Å². The third-order valence-corrected chi connectivity index (χ3v) is 2.45. The molecule has 11 heteroatoms. The van der Waals surface area contributed by atoms with E-state index >= 15 is 0 Å². The van der Waals surface area contributed by atoms with Crippen molar-refractivity contribution in [2.75, 3.05) is 6.54 Å². The van der Waals surface area contributed by atoms with Crippen LogP contribution in [0.1, 0.15) is 17.5 Å². The second kappa shape index (κ2) is 8.62. The molecule has 0 aliphatic rings. The summed E-state index contributed by atoms with van der Waals surface area (Å²) < 4.78 is 81.8. The lowest BCUT2D eigenvalue weighted by Crippen LogP contribution is -2.21. The predicted octanol–water partition coefficient (Wildman–Crippen LogP) is 2.94. The summed E-state index contributed by atoms with van der Waals surface area (Å²) in [6.07, 6.45) is -9.61. The molecule has 24 heavy (non-hydrogen) atoms. The van der Waals surface area contributed by atoms with Gasteiger partial charge < -0.3 is 10.8 Å². The zero-order chi connectivity index (χ0) is 19.1. The highest BCUT2D eigenvalue weighted by atomic mass is 19.4. The fourth-order valence-corrected chi connectivity index (χ4v) is 1.34. The summed E-state index contributed by atoms with van der Waals surface area (Å²) in [5.41, 5.74) is 4.15. The molecular weight excluding hydrogens is 351 g/mol. The zero-order valence-corrected chi connectivity index (χ0v) is 11.8. The molecule has 1 rings (SSSR count).